The third-order valence-corrected chi connectivity index (χ3v) is 4.99. The average molecular weight is 373 g/mol. The molecule has 3 rings (SSSR count). The van der Waals surface area contributed by atoms with Crippen LogP contribution in [0.5, 0.6) is 11.5 Å². The van der Waals surface area contributed by atoms with Gasteiger partial charge in [-0.15, -0.1) is 0 Å². The number of hydrogen-bond acceptors (Lipinski definition) is 5. The third-order valence-electron chi connectivity index (χ3n) is 4.99. The predicted octanol–water partition coefficient (Wildman–Crippen LogP) is 3.10. The Morgan fingerprint density at radius 3 is 2.74 bits per heavy atom. The lowest BCUT2D eigenvalue weighted by Crippen LogP contribution is -2.42. The summed E-state index contributed by atoms with van der Waals surface area (Å²) >= 11 is 0. The van der Waals surface area contributed by atoms with Crippen molar-refractivity contribution in [3.63, 3.8) is 0 Å². The Morgan fingerprint density at radius 2 is 1.93 bits per heavy atom. The lowest BCUT2D eigenvalue weighted by Gasteiger charge is -2.29. The van der Waals surface area contributed by atoms with Crippen LogP contribution in [0, 0.1) is 5.92 Å². The van der Waals surface area contributed by atoms with Gasteiger partial charge >= 0.3 is 5.97 Å². The summed E-state index contributed by atoms with van der Waals surface area (Å²) in [6, 6.07) is 5.67. The van der Waals surface area contributed by atoms with Crippen LogP contribution in [0.15, 0.2) is 24.3 Å². The molecular formula is C21H27NO5. The third kappa shape index (κ3) is 5.74. The number of nitrogens with one attached hydrogen (secondary N) is 1. The van der Waals surface area contributed by atoms with Crippen molar-refractivity contribution in [1.82, 2.24) is 5.32 Å². The standard InChI is InChI=1S/C21H27NO5/c1-15-5-2-3-6-17(15)22-20(23)14-27-21(24)10-8-16-7-9-18-19(13-16)26-12-4-11-25-18/h7-10,13,15,17H,2-6,11-12,14H2,1H3,(H,22,23)/b10-8+/t15-,17+/m1/s1. The first-order valence-electron chi connectivity index (χ1n) is 9.65. The summed E-state index contributed by atoms with van der Waals surface area (Å²) in [4.78, 5) is 23.9. The van der Waals surface area contributed by atoms with Crippen molar-refractivity contribution in [2.75, 3.05) is 19.8 Å². The van der Waals surface area contributed by atoms with Crippen LogP contribution in [-0.4, -0.2) is 37.7 Å². The van der Waals surface area contributed by atoms with Gasteiger partial charge in [0.1, 0.15) is 0 Å². The molecule has 0 unspecified atom stereocenters. The Labute approximate surface area is 159 Å². The van der Waals surface area contributed by atoms with Gasteiger partial charge in [-0.25, -0.2) is 4.79 Å². The Kier molecular flexibility index (Phi) is 6.74. The maximum absolute atomic E-state index is 12.0. The highest BCUT2D eigenvalue weighted by atomic mass is 16.5. The number of fused-ring (bicyclic) bond motifs is 1. The van der Waals surface area contributed by atoms with E-state index in [4.69, 9.17) is 14.2 Å². The second-order valence-electron chi connectivity index (χ2n) is 7.13. The van der Waals surface area contributed by atoms with Gasteiger partial charge in [-0.1, -0.05) is 25.8 Å². The number of amides is 1. The molecule has 1 aromatic carbocycles. The number of ether oxygens (including phenoxy) is 3. The summed E-state index contributed by atoms with van der Waals surface area (Å²) in [5, 5.41) is 2.97. The normalized spacial score (nSPS) is 22.1. The molecule has 1 amide bonds. The molecule has 1 aliphatic carbocycles. The second-order valence-corrected chi connectivity index (χ2v) is 7.13. The molecule has 6 heteroatoms. The molecule has 0 spiro atoms. The number of benzene rings is 1. The first-order valence-corrected chi connectivity index (χ1v) is 9.65. The van der Waals surface area contributed by atoms with Gasteiger partial charge < -0.3 is 19.5 Å². The minimum absolute atomic E-state index is 0.183. The molecule has 27 heavy (non-hydrogen) atoms. The molecule has 2 atom stereocenters. The summed E-state index contributed by atoms with van der Waals surface area (Å²) in [6.07, 6.45) is 8.26. The zero-order chi connectivity index (χ0) is 19.1. The summed E-state index contributed by atoms with van der Waals surface area (Å²) in [5.41, 5.74) is 0.802. The van der Waals surface area contributed by atoms with E-state index in [1.807, 2.05) is 18.2 Å². The number of carbonyl (C=O) groups is 2. The molecule has 0 bridgehead atoms. The fourth-order valence-electron chi connectivity index (χ4n) is 3.41. The van der Waals surface area contributed by atoms with Crippen LogP contribution in [-0.2, 0) is 14.3 Å². The smallest absolute Gasteiger partial charge is 0.331 e. The van der Waals surface area contributed by atoms with Crippen molar-refractivity contribution in [2.24, 2.45) is 5.92 Å². The quantitative estimate of drug-likeness (QED) is 0.634. The highest BCUT2D eigenvalue weighted by molar-refractivity contribution is 5.89. The summed E-state index contributed by atoms with van der Waals surface area (Å²) < 4.78 is 16.2. The van der Waals surface area contributed by atoms with E-state index in [1.54, 1.807) is 6.08 Å². The van der Waals surface area contributed by atoms with Crippen LogP contribution in [0.4, 0.5) is 0 Å². The van der Waals surface area contributed by atoms with Crippen molar-refractivity contribution < 1.29 is 23.8 Å². The Bertz CT molecular complexity index is 700. The maximum Gasteiger partial charge on any atom is 0.331 e. The van der Waals surface area contributed by atoms with Gasteiger partial charge in [-0.2, -0.15) is 0 Å². The average Bonchev–Trinajstić information content (AvgIpc) is 2.91. The molecule has 1 aromatic rings. The minimum atomic E-state index is -0.547. The van der Waals surface area contributed by atoms with Gasteiger partial charge in [0, 0.05) is 18.5 Å². The lowest BCUT2D eigenvalue weighted by atomic mass is 9.86. The number of carbonyl (C=O) groups excluding carboxylic acids is 2. The Hall–Kier alpha value is -2.50. The minimum Gasteiger partial charge on any atom is -0.490 e. The predicted molar refractivity (Wildman–Crippen MR) is 102 cm³/mol. The van der Waals surface area contributed by atoms with Crippen LogP contribution < -0.4 is 14.8 Å². The van der Waals surface area contributed by atoms with E-state index in [1.165, 1.54) is 12.5 Å². The van der Waals surface area contributed by atoms with E-state index in [0.717, 1.165) is 31.2 Å². The van der Waals surface area contributed by atoms with Gasteiger partial charge in [0.15, 0.2) is 18.1 Å². The summed E-state index contributed by atoms with van der Waals surface area (Å²) in [5.74, 6) is 1.06. The summed E-state index contributed by atoms with van der Waals surface area (Å²) in [6.45, 7) is 3.13. The van der Waals surface area contributed by atoms with E-state index in [2.05, 4.69) is 12.2 Å². The second kappa shape index (κ2) is 9.44. The van der Waals surface area contributed by atoms with Gasteiger partial charge in [0.05, 0.1) is 13.2 Å². The highest BCUT2D eigenvalue weighted by Crippen LogP contribution is 2.30. The van der Waals surface area contributed by atoms with Crippen molar-refractivity contribution in [3.8, 4) is 11.5 Å². The molecule has 0 saturated heterocycles. The first-order chi connectivity index (χ1) is 13.1. The number of esters is 1. The van der Waals surface area contributed by atoms with Gasteiger partial charge in [0.2, 0.25) is 0 Å². The van der Waals surface area contributed by atoms with Gasteiger partial charge in [0.25, 0.3) is 5.91 Å². The van der Waals surface area contributed by atoms with Crippen LogP contribution in [0.2, 0.25) is 0 Å². The van der Waals surface area contributed by atoms with Crippen molar-refractivity contribution in [2.45, 2.75) is 45.1 Å². The number of hydrogen-bond donors (Lipinski definition) is 1. The molecule has 0 aromatic heterocycles. The maximum atomic E-state index is 12.0. The van der Waals surface area contributed by atoms with E-state index >= 15 is 0 Å². The lowest BCUT2D eigenvalue weighted by molar-refractivity contribution is -0.144. The fourth-order valence-corrected chi connectivity index (χ4v) is 3.41. The van der Waals surface area contributed by atoms with Crippen LogP contribution >= 0.6 is 0 Å². The SMILES string of the molecule is C[C@@H]1CCCC[C@@H]1NC(=O)COC(=O)/C=C/c1ccc2c(c1)OCCCO2. The van der Waals surface area contributed by atoms with Crippen molar-refractivity contribution in [3.05, 3.63) is 29.8 Å². The largest absolute Gasteiger partial charge is 0.490 e. The van der Waals surface area contributed by atoms with Crippen LogP contribution in [0.1, 0.15) is 44.6 Å². The van der Waals surface area contributed by atoms with Crippen molar-refractivity contribution in [1.29, 1.82) is 0 Å². The molecule has 0 radical (unpaired) electrons. The zero-order valence-electron chi connectivity index (χ0n) is 15.7. The summed E-state index contributed by atoms with van der Waals surface area (Å²) in [7, 11) is 0. The van der Waals surface area contributed by atoms with Crippen LogP contribution in [0.25, 0.3) is 6.08 Å². The molecule has 146 valence electrons. The van der Waals surface area contributed by atoms with Gasteiger partial charge in [-0.05, 0) is 42.5 Å². The van der Waals surface area contributed by atoms with E-state index in [0.29, 0.717) is 30.6 Å². The topological polar surface area (TPSA) is 73.9 Å². The molecular weight excluding hydrogens is 346 g/mol. The van der Waals surface area contributed by atoms with E-state index < -0.39 is 5.97 Å². The molecule has 1 N–H and O–H groups in total. The van der Waals surface area contributed by atoms with Crippen LogP contribution in [0.3, 0.4) is 0 Å². The van der Waals surface area contributed by atoms with E-state index in [-0.39, 0.29) is 18.6 Å². The molecule has 2 aliphatic rings. The molecule has 1 aliphatic heterocycles. The Morgan fingerprint density at radius 1 is 1.15 bits per heavy atom. The molecule has 1 saturated carbocycles. The monoisotopic (exact) mass is 373 g/mol. The van der Waals surface area contributed by atoms with E-state index in [9.17, 15) is 9.59 Å². The van der Waals surface area contributed by atoms with Crippen molar-refractivity contribution >= 4 is 18.0 Å². The molecule has 1 heterocycles. The highest BCUT2D eigenvalue weighted by Gasteiger charge is 2.22. The number of rotatable bonds is 5. The van der Waals surface area contributed by atoms with Gasteiger partial charge in [-0.3, -0.25) is 4.79 Å². The molecule has 6 nitrogen and oxygen atoms in total. The zero-order valence-corrected chi connectivity index (χ0v) is 15.7. The Balaban J connectivity index is 1.46. The fraction of sp³-hybridized carbons (Fsp3) is 0.524. The first kappa shape index (κ1) is 19.3. The molecule has 1 fully saturated rings.